The summed E-state index contributed by atoms with van der Waals surface area (Å²) in [5, 5.41) is 6.12. The van der Waals surface area contributed by atoms with Crippen LogP contribution in [-0.2, 0) is 11.3 Å². The van der Waals surface area contributed by atoms with Gasteiger partial charge in [-0.15, -0.1) is 0 Å². The van der Waals surface area contributed by atoms with Gasteiger partial charge in [0.1, 0.15) is 5.82 Å². The average molecular weight is 257 g/mol. The highest BCUT2D eigenvalue weighted by Crippen LogP contribution is 2.18. The van der Waals surface area contributed by atoms with E-state index in [-0.39, 0.29) is 18.5 Å². The van der Waals surface area contributed by atoms with Crippen molar-refractivity contribution in [1.82, 2.24) is 10.6 Å². The largest absolute Gasteiger partial charge is 0.351 e. The molecular formula is C12H14ClFN2O. The summed E-state index contributed by atoms with van der Waals surface area (Å²) in [6, 6.07) is 4.34. The molecule has 1 aliphatic heterocycles. The number of benzene rings is 1. The highest BCUT2D eigenvalue weighted by atomic mass is 35.5. The van der Waals surface area contributed by atoms with E-state index in [0.717, 1.165) is 19.4 Å². The number of hydrogen-bond acceptors (Lipinski definition) is 2. The van der Waals surface area contributed by atoms with Crippen LogP contribution in [0.5, 0.6) is 0 Å². The zero-order valence-electron chi connectivity index (χ0n) is 9.30. The fourth-order valence-corrected chi connectivity index (χ4v) is 2.14. The predicted octanol–water partition coefficient (Wildman–Crippen LogP) is 1.85. The Morgan fingerprint density at radius 1 is 1.59 bits per heavy atom. The molecule has 0 saturated carbocycles. The summed E-state index contributed by atoms with van der Waals surface area (Å²) in [7, 11) is 0. The molecule has 1 unspecified atom stereocenters. The molecule has 1 fully saturated rings. The smallest absolute Gasteiger partial charge is 0.237 e. The first-order valence-electron chi connectivity index (χ1n) is 5.62. The molecule has 1 aliphatic rings. The monoisotopic (exact) mass is 256 g/mol. The van der Waals surface area contributed by atoms with E-state index in [2.05, 4.69) is 10.6 Å². The first-order chi connectivity index (χ1) is 8.18. The third-order valence-corrected chi connectivity index (χ3v) is 3.23. The van der Waals surface area contributed by atoms with Crippen LogP contribution in [0.2, 0.25) is 5.02 Å². The van der Waals surface area contributed by atoms with Gasteiger partial charge in [-0.2, -0.15) is 0 Å². The third kappa shape index (κ3) is 2.96. The van der Waals surface area contributed by atoms with Gasteiger partial charge in [0.25, 0.3) is 0 Å². The van der Waals surface area contributed by atoms with E-state index >= 15 is 0 Å². The lowest BCUT2D eigenvalue weighted by molar-refractivity contribution is -0.122. The van der Waals surface area contributed by atoms with Crippen molar-refractivity contribution < 1.29 is 9.18 Å². The molecule has 1 aromatic carbocycles. The highest BCUT2D eigenvalue weighted by molar-refractivity contribution is 6.31. The van der Waals surface area contributed by atoms with E-state index in [1.54, 1.807) is 12.1 Å². The lowest BCUT2D eigenvalue weighted by Crippen LogP contribution is -2.40. The van der Waals surface area contributed by atoms with E-state index in [1.165, 1.54) is 6.07 Å². The van der Waals surface area contributed by atoms with Crippen molar-refractivity contribution in [1.29, 1.82) is 0 Å². The molecule has 17 heavy (non-hydrogen) atoms. The van der Waals surface area contributed by atoms with Crippen molar-refractivity contribution in [2.24, 2.45) is 0 Å². The number of rotatable bonds is 3. The lowest BCUT2D eigenvalue weighted by Gasteiger charge is -2.12. The summed E-state index contributed by atoms with van der Waals surface area (Å²) in [5.41, 5.74) is 0.334. The predicted molar refractivity (Wildman–Crippen MR) is 64.3 cm³/mol. The second-order valence-corrected chi connectivity index (χ2v) is 4.47. The molecule has 1 atom stereocenters. The number of halogens is 2. The lowest BCUT2D eigenvalue weighted by atomic mass is 10.2. The molecule has 3 nitrogen and oxygen atoms in total. The molecule has 2 N–H and O–H groups in total. The fraction of sp³-hybridized carbons (Fsp3) is 0.417. The van der Waals surface area contributed by atoms with Gasteiger partial charge in [-0.25, -0.2) is 4.39 Å². The molecule has 0 aliphatic carbocycles. The van der Waals surface area contributed by atoms with Crippen LogP contribution >= 0.6 is 11.6 Å². The maximum Gasteiger partial charge on any atom is 0.237 e. The Hall–Kier alpha value is -1.13. The maximum absolute atomic E-state index is 13.4. The third-order valence-electron chi connectivity index (χ3n) is 2.88. The summed E-state index contributed by atoms with van der Waals surface area (Å²) < 4.78 is 13.4. The van der Waals surface area contributed by atoms with Gasteiger partial charge in [0.05, 0.1) is 6.04 Å². The zero-order chi connectivity index (χ0) is 12.3. The van der Waals surface area contributed by atoms with Crippen LogP contribution in [0.1, 0.15) is 18.4 Å². The molecule has 0 aromatic heterocycles. The van der Waals surface area contributed by atoms with Crippen LogP contribution in [0.25, 0.3) is 0 Å². The van der Waals surface area contributed by atoms with Crippen LogP contribution in [0.15, 0.2) is 18.2 Å². The number of nitrogens with one attached hydrogen (secondary N) is 2. The Morgan fingerprint density at radius 3 is 3.06 bits per heavy atom. The fourth-order valence-electron chi connectivity index (χ4n) is 1.91. The summed E-state index contributed by atoms with van der Waals surface area (Å²) in [4.78, 5) is 11.7. The number of carbonyl (C=O) groups is 1. The van der Waals surface area contributed by atoms with Crippen molar-refractivity contribution in [2.45, 2.75) is 25.4 Å². The van der Waals surface area contributed by atoms with Crippen molar-refractivity contribution >= 4 is 17.5 Å². The molecule has 5 heteroatoms. The zero-order valence-corrected chi connectivity index (χ0v) is 10.1. The van der Waals surface area contributed by atoms with E-state index in [1.807, 2.05) is 0 Å². The van der Waals surface area contributed by atoms with Crippen LogP contribution in [0.4, 0.5) is 4.39 Å². The Labute approximate surface area is 104 Å². The highest BCUT2D eigenvalue weighted by Gasteiger charge is 2.21. The quantitative estimate of drug-likeness (QED) is 0.867. The van der Waals surface area contributed by atoms with Crippen LogP contribution < -0.4 is 10.6 Å². The molecule has 92 valence electrons. The van der Waals surface area contributed by atoms with Gasteiger partial charge < -0.3 is 10.6 Å². The molecule has 0 bridgehead atoms. The standard InChI is InChI=1S/C12H14ClFN2O/c13-9-3-1-4-10(14)8(9)7-16-12(17)11-5-2-6-15-11/h1,3-4,11,15H,2,5-7H2,(H,16,17). The minimum Gasteiger partial charge on any atom is -0.351 e. The van der Waals surface area contributed by atoms with Crippen molar-refractivity contribution in [3.63, 3.8) is 0 Å². The second-order valence-electron chi connectivity index (χ2n) is 4.07. The van der Waals surface area contributed by atoms with Crippen molar-refractivity contribution in [3.05, 3.63) is 34.6 Å². The topological polar surface area (TPSA) is 41.1 Å². The molecule has 1 aromatic rings. The van der Waals surface area contributed by atoms with Crippen molar-refractivity contribution in [2.75, 3.05) is 6.54 Å². The van der Waals surface area contributed by atoms with E-state index in [0.29, 0.717) is 10.6 Å². The molecular weight excluding hydrogens is 243 g/mol. The van der Waals surface area contributed by atoms with Gasteiger partial charge in [-0.3, -0.25) is 4.79 Å². The van der Waals surface area contributed by atoms with Gasteiger partial charge in [0.2, 0.25) is 5.91 Å². The minimum atomic E-state index is -0.391. The van der Waals surface area contributed by atoms with Gasteiger partial charge in [-0.05, 0) is 31.5 Å². The SMILES string of the molecule is O=C(NCc1c(F)cccc1Cl)C1CCCN1. The molecule has 1 heterocycles. The van der Waals surface area contributed by atoms with Gasteiger partial charge in [0.15, 0.2) is 0 Å². The van der Waals surface area contributed by atoms with E-state index < -0.39 is 5.82 Å². The first kappa shape index (κ1) is 12.3. The number of carbonyl (C=O) groups excluding carboxylic acids is 1. The van der Waals surface area contributed by atoms with Gasteiger partial charge in [0, 0.05) is 17.1 Å². The molecule has 2 rings (SSSR count). The van der Waals surface area contributed by atoms with Gasteiger partial charge in [-0.1, -0.05) is 17.7 Å². The maximum atomic E-state index is 13.4. The summed E-state index contributed by atoms with van der Waals surface area (Å²) in [5.74, 6) is -0.487. The first-order valence-corrected chi connectivity index (χ1v) is 6.00. The normalized spacial score (nSPS) is 19.3. The molecule has 1 amide bonds. The van der Waals surface area contributed by atoms with Gasteiger partial charge >= 0.3 is 0 Å². The molecule has 0 radical (unpaired) electrons. The van der Waals surface area contributed by atoms with Crippen LogP contribution in [0, 0.1) is 5.82 Å². The molecule has 1 saturated heterocycles. The Bertz CT molecular complexity index is 399. The Kier molecular flexibility index (Phi) is 3.97. The average Bonchev–Trinajstić information content (AvgIpc) is 2.81. The minimum absolute atomic E-state index is 0.0955. The van der Waals surface area contributed by atoms with Crippen LogP contribution in [0.3, 0.4) is 0 Å². The van der Waals surface area contributed by atoms with Crippen molar-refractivity contribution in [3.8, 4) is 0 Å². The Morgan fingerprint density at radius 2 is 2.41 bits per heavy atom. The number of hydrogen-bond donors (Lipinski definition) is 2. The van der Waals surface area contributed by atoms with E-state index in [4.69, 9.17) is 11.6 Å². The summed E-state index contributed by atoms with van der Waals surface area (Å²) in [6.07, 6.45) is 1.83. The Balaban J connectivity index is 1.95. The second kappa shape index (κ2) is 5.47. The summed E-state index contributed by atoms with van der Waals surface area (Å²) >= 11 is 5.87. The number of amides is 1. The molecule has 0 spiro atoms. The van der Waals surface area contributed by atoms with Crippen LogP contribution in [-0.4, -0.2) is 18.5 Å². The van der Waals surface area contributed by atoms with E-state index in [9.17, 15) is 9.18 Å². The summed E-state index contributed by atoms with van der Waals surface area (Å²) in [6.45, 7) is 0.987.